The number of methoxy groups -OCH3 is 1. The Balaban J connectivity index is 1.91. The Kier molecular flexibility index (Phi) is 7.46. The highest BCUT2D eigenvalue weighted by Gasteiger charge is 2.34. The van der Waals surface area contributed by atoms with E-state index < -0.39 is 0 Å². The second kappa shape index (κ2) is 10.1. The van der Waals surface area contributed by atoms with Crippen LogP contribution in [0.25, 0.3) is 0 Å². The second-order valence-corrected chi connectivity index (χ2v) is 8.23. The fourth-order valence-corrected chi connectivity index (χ4v) is 3.69. The van der Waals surface area contributed by atoms with Crippen molar-refractivity contribution in [2.75, 3.05) is 26.8 Å². The molecule has 0 fully saturated rings. The number of amides is 2. The summed E-state index contributed by atoms with van der Waals surface area (Å²) in [5.74, 6) is -0.406. The minimum absolute atomic E-state index is 0.0491. The number of hydrogen-bond donors (Lipinski definition) is 0. The van der Waals surface area contributed by atoms with Crippen molar-refractivity contribution in [3.8, 4) is 0 Å². The molecular formula is C24H28ClN3O3. The average Bonchev–Trinajstić information content (AvgIpc) is 3.19. The van der Waals surface area contributed by atoms with Gasteiger partial charge in [-0.25, -0.2) is 5.01 Å². The lowest BCUT2D eigenvalue weighted by Crippen LogP contribution is -2.41. The zero-order chi connectivity index (χ0) is 22.5. The topological polar surface area (TPSA) is 62.2 Å². The fraction of sp³-hybridized carbons (Fsp3) is 0.375. The number of hydrazone groups is 1. The van der Waals surface area contributed by atoms with Crippen LogP contribution in [0.3, 0.4) is 0 Å². The van der Waals surface area contributed by atoms with Crippen LogP contribution in [0.2, 0.25) is 5.02 Å². The van der Waals surface area contributed by atoms with Crippen LogP contribution in [-0.2, 0) is 14.3 Å². The summed E-state index contributed by atoms with van der Waals surface area (Å²) >= 11 is 6.06. The van der Waals surface area contributed by atoms with Crippen molar-refractivity contribution in [1.82, 2.24) is 9.91 Å². The van der Waals surface area contributed by atoms with Gasteiger partial charge in [-0.3, -0.25) is 9.59 Å². The summed E-state index contributed by atoms with van der Waals surface area (Å²) in [7, 11) is 1.57. The zero-order valence-corrected chi connectivity index (χ0v) is 19.1. The normalized spacial score (nSPS) is 15.7. The third-order valence-corrected chi connectivity index (χ3v) is 5.85. The molecule has 0 spiro atoms. The highest BCUT2D eigenvalue weighted by Crippen LogP contribution is 2.33. The van der Waals surface area contributed by atoms with Crippen LogP contribution in [0.1, 0.15) is 41.6 Å². The van der Waals surface area contributed by atoms with E-state index in [0.717, 1.165) is 16.8 Å². The summed E-state index contributed by atoms with van der Waals surface area (Å²) in [4.78, 5) is 26.7. The van der Waals surface area contributed by atoms with Crippen molar-refractivity contribution >= 4 is 29.1 Å². The molecule has 0 saturated heterocycles. The van der Waals surface area contributed by atoms with Gasteiger partial charge in [0.15, 0.2) is 0 Å². The maximum absolute atomic E-state index is 13.2. The number of halogens is 1. The molecule has 2 amide bonds. The molecule has 1 atom stereocenters. The molecule has 6 nitrogen and oxygen atoms in total. The van der Waals surface area contributed by atoms with Crippen LogP contribution < -0.4 is 0 Å². The molecule has 164 valence electrons. The molecule has 2 aromatic rings. The Bertz CT molecular complexity index is 988. The van der Waals surface area contributed by atoms with Crippen molar-refractivity contribution in [3.05, 3.63) is 69.7 Å². The Morgan fingerprint density at radius 3 is 2.48 bits per heavy atom. The summed E-state index contributed by atoms with van der Waals surface area (Å²) in [6.07, 6.45) is 0.591. The van der Waals surface area contributed by atoms with Crippen LogP contribution in [0.5, 0.6) is 0 Å². The first-order chi connectivity index (χ1) is 14.8. The minimum atomic E-state index is -0.252. The van der Waals surface area contributed by atoms with Gasteiger partial charge in [-0.1, -0.05) is 35.9 Å². The highest BCUT2D eigenvalue weighted by atomic mass is 35.5. The van der Waals surface area contributed by atoms with Crippen molar-refractivity contribution in [2.45, 2.75) is 33.2 Å². The molecule has 3 rings (SSSR count). The zero-order valence-electron chi connectivity index (χ0n) is 18.4. The lowest BCUT2D eigenvalue weighted by Gasteiger charge is -2.26. The van der Waals surface area contributed by atoms with E-state index in [4.69, 9.17) is 21.4 Å². The van der Waals surface area contributed by atoms with Crippen LogP contribution in [-0.4, -0.2) is 54.2 Å². The van der Waals surface area contributed by atoms with E-state index >= 15 is 0 Å². The van der Waals surface area contributed by atoms with Gasteiger partial charge in [0.05, 0.1) is 18.4 Å². The van der Waals surface area contributed by atoms with E-state index in [9.17, 15) is 9.59 Å². The fourth-order valence-electron chi connectivity index (χ4n) is 3.57. The summed E-state index contributed by atoms with van der Waals surface area (Å²) in [5, 5.41) is 6.85. The smallest absolute Gasteiger partial charge is 0.262 e. The highest BCUT2D eigenvalue weighted by molar-refractivity contribution is 6.30. The molecule has 31 heavy (non-hydrogen) atoms. The van der Waals surface area contributed by atoms with E-state index in [1.807, 2.05) is 30.3 Å². The predicted octanol–water partition coefficient (Wildman–Crippen LogP) is 4.13. The van der Waals surface area contributed by atoms with Gasteiger partial charge in [0.1, 0.15) is 6.54 Å². The number of aryl methyl sites for hydroxylation is 2. The van der Waals surface area contributed by atoms with E-state index in [1.54, 1.807) is 7.11 Å². The molecule has 0 bridgehead atoms. The molecule has 0 unspecified atom stereocenters. The maximum Gasteiger partial charge on any atom is 0.262 e. The summed E-state index contributed by atoms with van der Waals surface area (Å²) in [6, 6.07) is 13.4. The van der Waals surface area contributed by atoms with E-state index in [1.165, 1.54) is 28.0 Å². The van der Waals surface area contributed by atoms with Crippen molar-refractivity contribution in [3.63, 3.8) is 0 Å². The van der Waals surface area contributed by atoms with Crippen molar-refractivity contribution in [1.29, 1.82) is 0 Å². The van der Waals surface area contributed by atoms with Gasteiger partial charge in [0.25, 0.3) is 5.91 Å². The van der Waals surface area contributed by atoms with Gasteiger partial charge in [0.2, 0.25) is 5.91 Å². The number of hydrogen-bond acceptors (Lipinski definition) is 4. The number of carbonyl (C=O) groups excluding carboxylic acids is 2. The number of benzene rings is 2. The molecule has 0 aliphatic carbocycles. The minimum Gasteiger partial charge on any atom is -0.383 e. The summed E-state index contributed by atoms with van der Waals surface area (Å²) in [5.41, 5.74) is 5.18. The van der Waals surface area contributed by atoms with Gasteiger partial charge >= 0.3 is 0 Å². The number of nitrogens with zero attached hydrogens (tertiary/aromatic N) is 3. The lowest BCUT2D eigenvalue weighted by molar-refractivity contribution is -0.141. The molecule has 0 N–H and O–H groups in total. The maximum atomic E-state index is 13.2. The molecule has 0 aromatic heterocycles. The monoisotopic (exact) mass is 441 g/mol. The first-order valence-electron chi connectivity index (χ1n) is 10.3. The van der Waals surface area contributed by atoms with Crippen molar-refractivity contribution in [2.24, 2.45) is 5.10 Å². The summed E-state index contributed by atoms with van der Waals surface area (Å²) in [6.45, 7) is 6.25. The van der Waals surface area contributed by atoms with Crippen LogP contribution in [0.4, 0.5) is 0 Å². The van der Waals surface area contributed by atoms with Crippen molar-refractivity contribution < 1.29 is 14.3 Å². The Morgan fingerprint density at radius 2 is 1.87 bits per heavy atom. The third-order valence-electron chi connectivity index (χ3n) is 5.60. The van der Waals surface area contributed by atoms with E-state index in [-0.39, 0.29) is 24.4 Å². The molecule has 2 aromatic carbocycles. The van der Waals surface area contributed by atoms with Gasteiger partial charge in [-0.05, 0) is 54.3 Å². The van der Waals surface area contributed by atoms with Gasteiger partial charge in [0, 0.05) is 32.0 Å². The molecular weight excluding hydrogens is 414 g/mol. The van der Waals surface area contributed by atoms with Crippen LogP contribution in [0.15, 0.2) is 47.6 Å². The number of ether oxygens (including phenoxy) is 1. The first-order valence-corrected chi connectivity index (χ1v) is 10.6. The second-order valence-electron chi connectivity index (χ2n) is 7.79. The molecule has 1 heterocycles. The lowest BCUT2D eigenvalue weighted by atomic mass is 9.96. The largest absolute Gasteiger partial charge is 0.383 e. The third kappa shape index (κ3) is 5.51. The van der Waals surface area contributed by atoms with Gasteiger partial charge in [-0.15, -0.1) is 0 Å². The number of carbonyl (C=O) groups is 2. The average molecular weight is 442 g/mol. The number of rotatable bonds is 7. The Morgan fingerprint density at radius 1 is 1.16 bits per heavy atom. The SMILES string of the molecule is COCCN(CC(=O)N1N=C(c2ccc(C)c(C)c2)C[C@H]1c1ccc(Cl)cc1)C(C)=O. The summed E-state index contributed by atoms with van der Waals surface area (Å²) < 4.78 is 5.07. The van der Waals surface area contributed by atoms with E-state index in [2.05, 4.69) is 26.0 Å². The predicted molar refractivity (Wildman–Crippen MR) is 122 cm³/mol. The standard InChI is InChI=1S/C24H28ClN3O3/c1-16-5-6-20(13-17(16)2)22-14-23(19-7-9-21(25)10-8-19)28(26-22)24(30)15-27(18(3)29)11-12-31-4/h5-10,13,23H,11-12,14-15H2,1-4H3/t23-/m0/s1. The first kappa shape index (κ1) is 23.0. The molecule has 0 saturated carbocycles. The quantitative estimate of drug-likeness (QED) is 0.649. The Labute approximate surface area is 188 Å². The molecule has 1 aliphatic rings. The van der Waals surface area contributed by atoms with Crippen LogP contribution >= 0.6 is 11.6 Å². The van der Waals surface area contributed by atoms with Crippen LogP contribution in [0, 0.1) is 13.8 Å². The molecule has 1 aliphatic heterocycles. The Hall–Kier alpha value is -2.70. The molecule has 0 radical (unpaired) electrons. The molecule has 7 heteroatoms. The van der Waals surface area contributed by atoms with Gasteiger partial charge in [-0.2, -0.15) is 5.10 Å². The van der Waals surface area contributed by atoms with E-state index in [0.29, 0.717) is 24.6 Å². The van der Waals surface area contributed by atoms with Gasteiger partial charge < -0.3 is 9.64 Å².